The van der Waals surface area contributed by atoms with Gasteiger partial charge in [-0.15, -0.1) is 0 Å². The molecule has 0 radical (unpaired) electrons. The molecular formula is C70H105NO8. The molecule has 0 aliphatic carbocycles. The van der Waals surface area contributed by atoms with E-state index in [-0.39, 0.29) is 32.7 Å². The first-order chi connectivity index (χ1) is 38.6. The first-order valence-electron chi connectivity index (χ1n) is 29.6. The average Bonchev–Trinajstić information content (AvgIpc) is 3.42. The molecule has 0 saturated carbocycles. The molecule has 0 aromatic carbocycles. The fourth-order valence-corrected chi connectivity index (χ4v) is 6.88. The smallest absolute Gasteiger partial charge is 0.306 e. The second-order valence-corrected chi connectivity index (χ2v) is 19.8. The molecule has 0 saturated heterocycles. The van der Waals surface area contributed by atoms with Crippen LogP contribution >= 0.6 is 0 Å². The van der Waals surface area contributed by atoms with E-state index in [2.05, 4.69) is 196 Å². The predicted molar refractivity (Wildman–Crippen MR) is 333 cm³/mol. The van der Waals surface area contributed by atoms with Crippen molar-refractivity contribution in [3.05, 3.63) is 194 Å². The summed E-state index contributed by atoms with van der Waals surface area (Å²) in [5, 5.41) is 11.8. The van der Waals surface area contributed by atoms with E-state index in [0.29, 0.717) is 23.9 Å². The quantitative estimate of drug-likeness (QED) is 0.0195. The lowest BCUT2D eigenvalue weighted by atomic mass is 10.1. The van der Waals surface area contributed by atoms with Crippen molar-refractivity contribution in [1.29, 1.82) is 0 Å². The molecule has 2 unspecified atom stereocenters. The minimum Gasteiger partial charge on any atom is -0.545 e. The number of unbranched alkanes of at least 4 members (excludes halogenated alkanes) is 4. The number of hydrogen-bond donors (Lipinski definition) is 0. The third kappa shape index (κ3) is 59.6. The maximum Gasteiger partial charge on any atom is 0.306 e. The Labute approximate surface area is 481 Å². The second-order valence-electron chi connectivity index (χ2n) is 19.8. The summed E-state index contributed by atoms with van der Waals surface area (Å²) in [5.74, 6) is -2.46. The van der Waals surface area contributed by atoms with E-state index in [1.165, 1.54) is 0 Å². The number of quaternary nitrogens is 1. The number of hydrogen-bond acceptors (Lipinski definition) is 8. The molecule has 0 rings (SSSR count). The van der Waals surface area contributed by atoms with Gasteiger partial charge >= 0.3 is 11.9 Å². The van der Waals surface area contributed by atoms with Gasteiger partial charge in [0.15, 0.2) is 12.4 Å². The Kier molecular flexibility index (Phi) is 54.0. The summed E-state index contributed by atoms with van der Waals surface area (Å²) in [6, 6.07) is 0. The number of allylic oxidation sites excluding steroid dienone is 32. The SMILES string of the molecule is CC/C=C\C/C=C\C/C=C\C/C=C\C/C=C\C/C=C\C/C=C\C/C=C\C/C=C\C/C=C\CCCCCCC(=O)OC(COC(=O)CC/C=C\C/C=C\C/C=C\C/C=C\C/C=C\C/C=C\CC)COC(OCC[N+](C)(C)C)C(=O)[O-]. The number of nitrogens with zero attached hydrogens (tertiary/aromatic N) is 1. The van der Waals surface area contributed by atoms with E-state index in [4.69, 9.17) is 18.9 Å². The zero-order chi connectivity index (χ0) is 57.6. The first-order valence-corrected chi connectivity index (χ1v) is 29.6. The Morgan fingerprint density at radius 3 is 1.05 bits per heavy atom. The molecule has 9 nitrogen and oxygen atoms in total. The third-order valence-electron chi connectivity index (χ3n) is 11.4. The van der Waals surface area contributed by atoms with Gasteiger partial charge in [-0.1, -0.05) is 221 Å². The minimum absolute atomic E-state index is 0.119. The fourth-order valence-electron chi connectivity index (χ4n) is 6.88. The van der Waals surface area contributed by atoms with Crippen molar-refractivity contribution in [2.75, 3.05) is 47.5 Å². The van der Waals surface area contributed by atoms with Gasteiger partial charge in [-0.2, -0.15) is 0 Å². The Morgan fingerprint density at radius 1 is 0.380 bits per heavy atom. The van der Waals surface area contributed by atoms with E-state index < -0.39 is 30.3 Å². The Balaban J connectivity index is 4.42. The van der Waals surface area contributed by atoms with Crippen molar-refractivity contribution >= 4 is 17.9 Å². The number of carbonyl (C=O) groups excluding carboxylic acids is 3. The summed E-state index contributed by atoms with van der Waals surface area (Å²) in [7, 11) is 5.87. The largest absolute Gasteiger partial charge is 0.545 e. The van der Waals surface area contributed by atoms with E-state index >= 15 is 0 Å². The van der Waals surface area contributed by atoms with Gasteiger partial charge in [0.05, 0.1) is 40.3 Å². The highest BCUT2D eigenvalue weighted by atomic mass is 16.7. The van der Waals surface area contributed by atoms with Gasteiger partial charge in [-0.3, -0.25) is 9.59 Å². The average molecular weight is 1090 g/mol. The van der Waals surface area contributed by atoms with Gasteiger partial charge in [0.1, 0.15) is 13.2 Å². The van der Waals surface area contributed by atoms with Crippen molar-refractivity contribution in [2.45, 2.75) is 180 Å². The number of carboxylic acid groups (broad SMARTS) is 1. The molecule has 0 aliphatic rings. The molecule has 438 valence electrons. The van der Waals surface area contributed by atoms with Crippen molar-refractivity contribution in [3.8, 4) is 0 Å². The van der Waals surface area contributed by atoms with Gasteiger partial charge in [-0.25, -0.2) is 0 Å². The summed E-state index contributed by atoms with van der Waals surface area (Å²) >= 11 is 0. The lowest BCUT2D eigenvalue weighted by Gasteiger charge is -2.26. The maximum atomic E-state index is 12.9. The summed E-state index contributed by atoms with van der Waals surface area (Å²) in [4.78, 5) is 37.2. The lowest BCUT2D eigenvalue weighted by molar-refractivity contribution is -0.870. The fraction of sp³-hybridized carbons (Fsp3) is 0.500. The molecular weight excluding hydrogens is 983 g/mol. The minimum atomic E-state index is -1.66. The van der Waals surface area contributed by atoms with Crippen LogP contribution in [0, 0.1) is 0 Å². The summed E-state index contributed by atoms with van der Waals surface area (Å²) in [5.41, 5.74) is 0. The molecule has 0 heterocycles. The van der Waals surface area contributed by atoms with E-state index in [1.807, 2.05) is 33.3 Å². The van der Waals surface area contributed by atoms with E-state index in [9.17, 15) is 19.5 Å². The van der Waals surface area contributed by atoms with Gasteiger partial charge in [0, 0.05) is 12.8 Å². The molecule has 0 spiro atoms. The zero-order valence-corrected chi connectivity index (χ0v) is 49.6. The van der Waals surface area contributed by atoms with Gasteiger partial charge in [-0.05, 0) is 128 Å². The molecule has 0 aromatic rings. The Hall–Kier alpha value is -5.87. The summed E-state index contributed by atoms with van der Waals surface area (Å²) < 4.78 is 22.5. The maximum absolute atomic E-state index is 12.9. The Bertz CT molecular complexity index is 1990. The number of carbonyl (C=O) groups is 3. The van der Waals surface area contributed by atoms with Gasteiger partial charge < -0.3 is 33.3 Å². The van der Waals surface area contributed by atoms with Crippen LogP contribution in [0.3, 0.4) is 0 Å². The number of esters is 2. The zero-order valence-electron chi connectivity index (χ0n) is 49.6. The van der Waals surface area contributed by atoms with Crippen LogP contribution in [0.15, 0.2) is 194 Å². The van der Waals surface area contributed by atoms with Crippen molar-refractivity contribution in [1.82, 2.24) is 0 Å². The molecule has 9 heteroatoms. The number of aliphatic carboxylic acids is 1. The van der Waals surface area contributed by atoms with Crippen LogP contribution in [0.4, 0.5) is 0 Å². The molecule has 0 bridgehead atoms. The highest BCUT2D eigenvalue weighted by Gasteiger charge is 2.21. The Morgan fingerprint density at radius 2 is 0.709 bits per heavy atom. The molecule has 0 N–H and O–H groups in total. The lowest BCUT2D eigenvalue weighted by Crippen LogP contribution is -2.44. The van der Waals surface area contributed by atoms with Crippen LogP contribution in [0.25, 0.3) is 0 Å². The van der Waals surface area contributed by atoms with Crippen LogP contribution in [0.5, 0.6) is 0 Å². The molecule has 0 aromatic heterocycles. The van der Waals surface area contributed by atoms with Crippen molar-refractivity contribution < 1.29 is 42.9 Å². The van der Waals surface area contributed by atoms with Crippen LogP contribution in [-0.4, -0.2) is 82.3 Å². The van der Waals surface area contributed by atoms with Crippen molar-refractivity contribution in [2.24, 2.45) is 0 Å². The number of carboxylic acids is 1. The van der Waals surface area contributed by atoms with Crippen LogP contribution in [-0.2, 0) is 33.3 Å². The van der Waals surface area contributed by atoms with Crippen LogP contribution in [0.2, 0.25) is 0 Å². The molecule has 0 fully saturated rings. The van der Waals surface area contributed by atoms with E-state index in [0.717, 1.165) is 128 Å². The van der Waals surface area contributed by atoms with Gasteiger partial charge in [0.2, 0.25) is 0 Å². The molecule has 0 aliphatic heterocycles. The second kappa shape index (κ2) is 58.3. The predicted octanol–water partition coefficient (Wildman–Crippen LogP) is 16.6. The number of likely N-dealkylation sites (N-methyl/N-ethyl adjacent to an activating group) is 1. The molecule has 2 atom stereocenters. The normalized spacial score (nSPS) is 14.2. The number of ether oxygens (including phenoxy) is 4. The van der Waals surface area contributed by atoms with E-state index in [1.54, 1.807) is 0 Å². The third-order valence-corrected chi connectivity index (χ3v) is 11.4. The van der Waals surface area contributed by atoms with Crippen LogP contribution < -0.4 is 5.11 Å². The number of rotatable bonds is 51. The standard InChI is InChI=1S/C70H105NO8/c1-6-8-10-12-14-16-18-20-22-24-26-27-28-29-30-31-32-33-34-35-36-37-38-39-40-41-43-45-47-49-51-53-55-57-59-61-68(73)79-66(65-78-70(69(74)75)76-63-62-71(3,4)5)64-77-67(72)60-58-56-54-52-50-48-46-44-42-25-23-21-19-17-15-13-11-9-7-2/h8-11,14-17,20-23,26-27,29-30,32-33,35-36,38-39,41-44,47-50,54,56,66,70H,6-7,12-13,18-19,24-25,28,31,34,37,40,45-46,51-53,55,57-65H2,1-5H3/b10-8-,11-9-,16-14-,17-15-,22-20-,23-21-,27-26-,30-29-,33-32-,36-35-,39-38-,43-41-,44-42-,49-47-,50-48-,56-54-. The topological polar surface area (TPSA) is 111 Å². The van der Waals surface area contributed by atoms with Crippen LogP contribution in [0.1, 0.15) is 168 Å². The summed E-state index contributed by atoms with van der Waals surface area (Å²) in [6.45, 7) is 4.35. The monoisotopic (exact) mass is 1090 g/mol. The first kappa shape index (κ1) is 73.1. The van der Waals surface area contributed by atoms with Crippen molar-refractivity contribution in [3.63, 3.8) is 0 Å². The highest BCUT2D eigenvalue weighted by molar-refractivity contribution is 5.70. The van der Waals surface area contributed by atoms with Gasteiger partial charge in [0.25, 0.3) is 0 Å². The molecule has 0 amide bonds. The molecule has 79 heavy (non-hydrogen) atoms. The highest BCUT2D eigenvalue weighted by Crippen LogP contribution is 2.11. The summed E-state index contributed by atoms with van der Waals surface area (Å²) in [6.07, 6.45) is 87.9.